The Morgan fingerprint density at radius 1 is 1.20 bits per heavy atom. The van der Waals surface area contributed by atoms with Crippen LogP contribution in [0.25, 0.3) is 5.57 Å². The van der Waals surface area contributed by atoms with Crippen LogP contribution < -0.4 is 16.2 Å². The Balaban J connectivity index is 2.15. The molecule has 2 aromatic carbocycles. The quantitative estimate of drug-likeness (QED) is 0.650. The van der Waals surface area contributed by atoms with Crippen molar-refractivity contribution in [2.75, 3.05) is 0 Å². The number of fused-ring (bicyclic) bond motifs is 1. The second-order valence-corrected chi connectivity index (χ2v) is 5.89. The van der Waals surface area contributed by atoms with Crippen LogP contribution in [0.1, 0.15) is 34.0 Å². The number of aryl methyl sites for hydroxylation is 1. The molecular formula is C19H18FN3O2. The Kier molecular flexibility index (Phi) is 4.27. The first-order valence-corrected chi connectivity index (χ1v) is 7.79. The second kappa shape index (κ2) is 6.39. The summed E-state index contributed by atoms with van der Waals surface area (Å²) >= 11 is 0. The van der Waals surface area contributed by atoms with E-state index in [9.17, 15) is 9.18 Å². The van der Waals surface area contributed by atoms with E-state index in [1.54, 1.807) is 43.3 Å². The molecule has 0 aromatic heterocycles. The number of hydrogen-bond donors (Lipinski definition) is 2. The van der Waals surface area contributed by atoms with Gasteiger partial charge in [0.05, 0.1) is 0 Å². The summed E-state index contributed by atoms with van der Waals surface area (Å²) in [6.07, 6.45) is 1.61. The molecule has 2 aromatic rings. The molecule has 4 N–H and O–H groups in total. The summed E-state index contributed by atoms with van der Waals surface area (Å²) in [5, 5.41) is 0. The minimum absolute atomic E-state index is 0.221. The third kappa shape index (κ3) is 3.24. The number of amides is 1. The number of carbonyl (C=O) groups is 1. The molecule has 1 aliphatic heterocycles. The molecule has 1 heterocycles. The number of halogens is 1. The lowest BCUT2D eigenvalue weighted by molar-refractivity contribution is 0.100. The van der Waals surface area contributed by atoms with E-state index < -0.39 is 5.91 Å². The highest BCUT2D eigenvalue weighted by molar-refractivity contribution is 6.03. The molecule has 1 aliphatic rings. The summed E-state index contributed by atoms with van der Waals surface area (Å²) in [4.78, 5) is 15.6. The Morgan fingerprint density at radius 3 is 2.68 bits per heavy atom. The predicted octanol–water partition coefficient (Wildman–Crippen LogP) is 2.76. The summed E-state index contributed by atoms with van der Waals surface area (Å²) in [7, 11) is 0. The normalized spacial score (nSPS) is 15.6. The fraction of sp³-hybridized carbons (Fsp3) is 0.158. The number of rotatable bonds is 2. The van der Waals surface area contributed by atoms with Crippen LogP contribution in [0.15, 0.2) is 47.5 Å². The standard InChI is InChI=1S/C19H18FN3O2/c1-10-4-3-5-13(17(10)20)14-8-11(2)25-16-7-6-12(9-15(14)16)18(24)23-19(21)22/h3-9,11H,1-2H3,(H4,21,22,23,24). The molecule has 0 saturated carbocycles. The fourth-order valence-corrected chi connectivity index (χ4v) is 2.81. The van der Waals surface area contributed by atoms with Crippen LogP contribution in [-0.4, -0.2) is 18.0 Å². The van der Waals surface area contributed by atoms with Crippen molar-refractivity contribution in [3.8, 4) is 5.75 Å². The number of benzene rings is 2. The summed E-state index contributed by atoms with van der Waals surface area (Å²) in [6, 6.07) is 10.1. The van der Waals surface area contributed by atoms with Gasteiger partial charge in [0.2, 0.25) is 0 Å². The number of nitrogens with zero attached hydrogens (tertiary/aromatic N) is 1. The van der Waals surface area contributed by atoms with Crippen molar-refractivity contribution in [3.05, 3.63) is 70.5 Å². The molecule has 1 atom stereocenters. The van der Waals surface area contributed by atoms with E-state index in [1.807, 2.05) is 13.0 Å². The van der Waals surface area contributed by atoms with Crippen molar-refractivity contribution in [1.82, 2.24) is 0 Å². The van der Waals surface area contributed by atoms with Gasteiger partial charge in [0, 0.05) is 16.7 Å². The zero-order valence-electron chi connectivity index (χ0n) is 13.9. The van der Waals surface area contributed by atoms with Crippen molar-refractivity contribution in [2.45, 2.75) is 20.0 Å². The molecule has 1 unspecified atom stereocenters. The summed E-state index contributed by atoms with van der Waals surface area (Å²) in [5.41, 5.74) is 13.1. The zero-order chi connectivity index (χ0) is 18.1. The zero-order valence-corrected chi connectivity index (χ0v) is 13.9. The molecule has 3 rings (SSSR count). The molecule has 0 aliphatic carbocycles. The van der Waals surface area contributed by atoms with Crippen molar-refractivity contribution in [1.29, 1.82) is 0 Å². The summed E-state index contributed by atoms with van der Waals surface area (Å²) in [5.74, 6) is -0.597. The number of ether oxygens (including phenoxy) is 1. The van der Waals surface area contributed by atoms with E-state index in [2.05, 4.69) is 4.99 Å². The van der Waals surface area contributed by atoms with E-state index in [-0.39, 0.29) is 17.9 Å². The van der Waals surface area contributed by atoms with Crippen LogP contribution in [-0.2, 0) is 0 Å². The van der Waals surface area contributed by atoms with Gasteiger partial charge in [-0.1, -0.05) is 18.2 Å². The maximum absolute atomic E-state index is 14.6. The first-order valence-electron chi connectivity index (χ1n) is 7.79. The van der Waals surface area contributed by atoms with E-state index in [1.165, 1.54) is 0 Å². The van der Waals surface area contributed by atoms with Gasteiger partial charge in [0.15, 0.2) is 5.96 Å². The van der Waals surface area contributed by atoms with Gasteiger partial charge < -0.3 is 16.2 Å². The van der Waals surface area contributed by atoms with Gasteiger partial charge in [-0.15, -0.1) is 0 Å². The average Bonchev–Trinajstić information content (AvgIpc) is 2.55. The third-order valence-electron chi connectivity index (χ3n) is 3.94. The number of nitrogens with two attached hydrogens (primary N) is 2. The Labute approximate surface area is 144 Å². The molecule has 25 heavy (non-hydrogen) atoms. The Hall–Kier alpha value is -3.15. The smallest absolute Gasteiger partial charge is 0.280 e. The number of aliphatic imine (C=N–C) groups is 1. The maximum Gasteiger partial charge on any atom is 0.280 e. The summed E-state index contributed by atoms with van der Waals surface area (Å²) in [6.45, 7) is 3.58. The fourth-order valence-electron chi connectivity index (χ4n) is 2.81. The number of guanidine groups is 1. The lowest BCUT2D eigenvalue weighted by atomic mass is 9.91. The highest BCUT2D eigenvalue weighted by Gasteiger charge is 2.23. The second-order valence-electron chi connectivity index (χ2n) is 5.89. The van der Waals surface area contributed by atoms with Crippen LogP contribution in [0.4, 0.5) is 4.39 Å². The molecule has 0 fully saturated rings. The molecule has 0 bridgehead atoms. The van der Waals surface area contributed by atoms with E-state index in [4.69, 9.17) is 16.2 Å². The van der Waals surface area contributed by atoms with E-state index >= 15 is 0 Å². The minimum Gasteiger partial charge on any atom is -0.486 e. The Morgan fingerprint density at radius 2 is 1.96 bits per heavy atom. The van der Waals surface area contributed by atoms with Crippen LogP contribution in [0.3, 0.4) is 0 Å². The van der Waals surface area contributed by atoms with Crippen LogP contribution in [0, 0.1) is 12.7 Å². The molecular weight excluding hydrogens is 321 g/mol. The van der Waals surface area contributed by atoms with Crippen LogP contribution >= 0.6 is 0 Å². The highest BCUT2D eigenvalue weighted by Crippen LogP contribution is 2.38. The van der Waals surface area contributed by atoms with Gasteiger partial charge in [-0.05, 0) is 49.3 Å². The first-order chi connectivity index (χ1) is 11.9. The average molecular weight is 339 g/mol. The lowest BCUT2D eigenvalue weighted by Gasteiger charge is -2.24. The highest BCUT2D eigenvalue weighted by atomic mass is 19.1. The van der Waals surface area contributed by atoms with Gasteiger partial charge in [-0.25, -0.2) is 4.39 Å². The lowest BCUT2D eigenvalue weighted by Crippen LogP contribution is -2.24. The Bertz CT molecular complexity index is 915. The predicted molar refractivity (Wildman–Crippen MR) is 94.9 cm³/mol. The number of carbonyl (C=O) groups excluding carboxylic acids is 1. The minimum atomic E-state index is -0.564. The molecule has 0 saturated heterocycles. The largest absolute Gasteiger partial charge is 0.486 e. The van der Waals surface area contributed by atoms with Crippen LogP contribution in [0.5, 0.6) is 5.75 Å². The van der Waals surface area contributed by atoms with Gasteiger partial charge >= 0.3 is 0 Å². The van der Waals surface area contributed by atoms with E-state index in [0.29, 0.717) is 33.6 Å². The topological polar surface area (TPSA) is 90.7 Å². The maximum atomic E-state index is 14.6. The van der Waals surface area contributed by atoms with Crippen molar-refractivity contribution in [3.63, 3.8) is 0 Å². The van der Waals surface area contributed by atoms with E-state index in [0.717, 1.165) is 0 Å². The molecule has 0 radical (unpaired) electrons. The molecule has 128 valence electrons. The van der Waals surface area contributed by atoms with Crippen molar-refractivity contribution < 1.29 is 13.9 Å². The molecule has 1 amide bonds. The van der Waals surface area contributed by atoms with Crippen LogP contribution in [0.2, 0.25) is 0 Å². The SMILES string of the molecule is Cc1cccc(C2=CC(C)Oc3ccc(C(=O)N=C(N)N)cc32)c1F. The summed E-state index contributed by atoms with van der Waals surface area (Å²) < 4.78 is 20.4. The number of hydrogen-bond acceptors (Lipinski definition) is 2. The first kappa shape index (κ1) is 16.7. The monoisotopic (exact) mass is 339 g/mol. The van der Waals surface area contributed by atoms with Gasteiger partial charge in [0.1, 0.15) is 17.7 Å². The van der Waals surface area contributed by atoms with Gasteiger partial charge in [0.25, 0.3) is 5.91 Å². The molecule has 6 heteroatoms. The van der Waals surface area contributed by atoms with Gasteiger partial charge in [-0.3, -0.25) is 4.79 Å². The third-order valence-corrected chi connectivity index (χ3v) is 3.94. The van der Waals surface area contributed by atoms with Crippen molar-refractivity contribution in [2.24, 2.45) is 16.5 Å². The van der Waals surface area contributed by atoms with Crippen molar-refractivity contribution >= 4 is 17.4 Å². The van der Waals surface area contributed by atoms with Gasteiger partial charge in [-0.2, -0.15) is 4.99 Å². The molecule has 5 nitrogen and oxygen atoms in total. The molecule has 0 spiro atoms.